The van der Waals surface area contributed by atoms with Gasteiger partial charge in [-0.05, 0) is 24.1 Å². The SMILES string of the molecule is CC(C)COCC(O)CNC(=O)c1cc(F)ccc1F. The molecule has 112 valence electrons. The molecule has 1 atom stereocenters. The van der Waals surface area contributed by atoms with Gasteiger partial charge in [-0.1, -0.05) is 13.8 Å². The molecule has 1 aromatic rings. The number of aliphatic hydroxyl groups excluding tert-OH is 1. The third-order valence-electron chi connectivity index (χ3n) is 2.43. The molecule has 20 heavy (non-hydrogen) atoms. The molecule has 0 aromatic heterocycles. The van der Waals surface area contributed by atoms with E-state index in [1.54, 1.807) is 0 Å². The van der Waals surface area contributed by atoms with Crippen molar-refractivity contribution < 1.29 is 23.4 Å². The zero-order valence-electron chi connectivity index (χ0n) is 11.5. The molecule has 0 aliphatic carbocycles. The highest BCUT2D eigenvalue weighted by molar-refractivity contribution is 5.94. The number of carbonyl (C=O) groups excluding carboxylic acids is 1. The molecule has 0 spiro atoms. The van der Waals surface area contributed by atoms with E-state index < -0.39 is 23.6 Å². The zero-order valence-corrected chi connectivity index (χ0v) is 11.5. The molecule has 0 aliphatic rings. The molecule has 0 saturated heterocycles. The summed E-state index contributed by atoms with van der Waals surface area (Å²) >= 11 is 0. The highest BCUT2D eigenvalue weighted by atomic mass is 19.1. The Labute approximate surface area is 116 Å². The summed E-state index contributed by atoms with van der Waals surface area (Å²) in [4.78, 5) is 11.6. The molecule has 0 radical (unpaired) electrons. The first-order valence-corrected chi connectivity index (χ1v) is 6.39. The van der Waals surface area contributed by atoms with Crippen molar-refractivity contribution >= 4 is 5.91 Å². The van der Waals surface area contributed by atoms with Crippen LogP contribution in [0, 0.1) is 17.6 Å². The molecule has 2 N–H and O–H groups in total. The summed E-state index contributed by atoms with van der Waals surface area (Å²) in [5, 5.41) is 11.9. The number of halogens is 2. The second kappa shape index (κ2) is 7.91. The number of aliphatic hydroxyl groups is 1. The largest absolute Gasteiger partial charge is 0.389 e. The van der Waals surface area contributed by atoms with Crippen LogP contribution in [-0.4, -0.2) is 36.9 Å². The van der Waals surface area contributed by atoms with Gasteiger partial charge in [-0.25, -0.2) is 8.78 Å². The maximum absolute atomic E-state index is 13.3. The fourth-order valence-electron chi connectivity index (χ4n) is 1.48. The molecule has 0 heterocycles. The van der Waals surface area contributed by atoms with Gasteiger partial charge in [-0.2, -0.15) is 0 Å². The van der Waals surface area contributed by atoms with Crippen LogP contribution >= 0.6 is 0 Å². The molecular weight excluding hydrogens is 268 g/mol. The molecule has 0 bridgehead atoms. The van der Waals surface area contributed by atoms with E-state index in [-0.39, 0.29) is 18.7 Å². The van der Waals surface area contributed by atoms with Gasteiger partial charge in [0.05, 0.1) is 18.3 Å². The molecule has 0 saturated carbocycles. The second-order valence-electron chi connectivity index (χ2n) is 4.92. The highest BCUT2D eigenvalue weighted by Crippen LogP contribution is 2.09. The Balaban J connectivity index is 2.41. The maximum Gasteiger partial charge on any atom is 0.254 e. The van der Waals surface area contributed by atoms with Crippen molar-refractivity contribution in [2.24, 2.45) is 5.92 Å². The fourth-order valence-corrected chi connectivity index (χ4v) is 1.48. The molecular formula is C14H19F2NO3. The first-order valence-electron chi connectivity index (χ1n) is 6.39. The van der Waals surface area contributed by atoms with Gasteiger partial charge in [-0.15, -0.1) is 0 Å². The van der Waals surface area contributed by atoms with Gasteiger partial charge < -0.3 is 15.2 Å². The number of nitrogens with one attached hydrogen (secondary N) is 1. The molecule has 1 unspecified atom stereocenters. The third-order valence-corrected chi connectivity index (χ3v) is 2.43. The highest BCUT2D eigenvalue weighted by Gasteiger charge is 2.14. The Kier molecular flexibility index (Phi) is 6.54. The number of benzene rings is 1. The molecule has 6 heteroatoms. The smallest absolute Gasteiger partial charge is 0.254 e. The lowest BCUT2D eigenvalue weighted by Gasteiger charge is -2.13. The fraction of sp³-hybridized carbons (Fsp3) is 0.500. The lowest BCUT2D eigenvalue weighted by molar-refractivity contribution is 0.0259. The molecule has 0 aliphatic heterocycles. The zero-order chi connectivity index (χ0) is 15.1. The predicted molar refractivity (Wildman–Crippen MR) is 70.4 cm³/mol. The molecule has 1 rings (SSSR count). The Morgan fingerprint density at radius 3 is 2.70 bits per heavy atom. The lowest BCUT2D eigenvalue weighted by atomic mass is 10.2. The summed E-state index contributed by atoms with van der Waals surface area (Å²) in [5.74, 6) is -1.94. The average molecular weight is 287 g/mol. The van der Waals surface area contributed by atoms with Crippen LogP contribution in [0.5, 0.6) is 0 Å². The van der Waals surface area contributed by atoms with Crippen LogP contribution in [0.4, 0.5) is 8.78 Å². The third kappa shape index (κ3) is 5.63. The summed E-state index contributed by atoms with van der Waals surface area (Å²) < 4.78 is 31.5. The topological polar surface area (TPSA) is 58.6 Å². The van der Waals surface area contributed by atoms with Gasteiger partial charge in [0.2, 0.25) is 0 Å². The number of rotatable bonds is 7. The van der Waals surface area contributed by atoms with E-state index in [0.717, 1.165) is 18.2 Å². The van der Waals surface area contributed by atoms with Crippen molar-refractivity contribution in [1.29, 1.82) is 0 Å². The first kappa shape index (κ1) is 16.5. The number of hydrogen-bond donors (Lipinski definition) is 2. The van der Waals surface area contributed by atoms with Crippen LogP contribution in [0.1, 0.15) is 24.2 Å². The van der Waals surface area contributed by atoms with Crippen LogP contribution in [0.2, 0.25) is 0 Å². The second-order valence-corrected chi connectivity index (χ2v) is 4.92. The van der Waals surface area contributed by atoms with Crippen molar-refractivity contribution in [3.63, 3.8) is 0 Å². The van der Waals surface area contributed by atoms with Gasteiger partial charge in [0.15, 0.2) is 0 Å². The summed E-state index contributed by atoms with van der Waals surface area (Å²) in [6, 6.07) is 2.62. The summed E-state index contributed by atoms with van der Waals surface area (Å²) in [5.41, 5.74) is -0.389. The molecule has 1 aromatic carbocycles. The maximum atomic E-state index is 13.3. The van der Waals surface area contributed by atoms with Crippen molar-refractivity contribution in [1.82, 2.24) is 5.32 Å². The van der Waals surface area contributed by atoms with Crippen molar-refractivity contribution in [2.45, 2.75) is 20.0 Å². The summed E-state index contributed by atoms with van der Waals surface area (Å²) in [6.07, 6.45) is -0.894. The van der Waals surface area contributed by atoms with Crippen LogP contribution < -0.4 is 5.32 Å². The van der Waals surface area contributed by atoms with Crippen molar-refractivity contribution in [2.75, 3.05) is 19.8 Å². The number of hydrogen-bond acceptors (Lipinski definition) is 3. The number of carbonyl (C=O) groups is 1. The minimum Gasteiger partial charge on any atom is -0.389 e. The Bertz CT molecular complexity index is 452. The standard InChI is InChI=1S/C14H19F2NO3/c1-9(2)7-20-8-11(18)6-17-14(19)12-5-10(15)3-4-13(12)16/h3-5,9,11,18H,6-8H2,1-2H3,(H,17,19). The van der Waals surface area contributed by atoms with Gasteiger partial charge in [0.1, 0.15) is 11.6 Å². The first-order chi connectivity index (χ1) is 9.40. The molecule has 4 nitrogen and oxygen atoms in total. The average Bonchev–Trinajstić information content (AvgIpc) is 2.38. The predicted octanol–water partition coefficient (Wildman–Crippen LogP) is 1.73. The van der Waals surface area contributed by atoms with E-state index in [9.17, 15) is 18.7 Å². The van der Waals surface area contributed by atoms with Crippen LogP contribution in [0.3, 0.4) is 0 Å². The number of amides is 1. The van der Waals surface area contributed by atoms with Gasteiger partial charge in [0, 0.05) is 13.2 Å². The van der Waals surface area contributed by atoms with E-state index in [1.807, 2.05) is 13.8 Å². The van der Waals surface area contributed by atoms with E-state index in [2.05, 4.69) is 5.32 Å². The van der Waals surface area contributed by atoms with Gasteiger partial charge in [-0.3, -0.25) is 4.79 Å². The molecule has 1 amide bonds. The van der Waals surface area contributed by atoms with E-state index in [0.29, 0.717) is 12.5 Å². The van der Waals surface area contributed by atoms with Gasteiger partial charge >= 0.3 is 0 Å². The minimum absolute atomic E-state index is 0.0735. The van der Waals surface area contributed by atoms with Crippen LogP contribution in [0.15, 0.2) is 18.2 Å². The lowest BCUT2D eigenvalue weighted by Crippen LogP contribution is -2.35. The van der Waals surface area contributed by atoms with Crippen LogP contribution in [-0.2, 0) is 4.74 Å². The van der Waals surface area contributed by atoms with E-state index in [4.69, 9.17) is 4.74 Å². The van der Waals surface area contributed by atoms with Gasteiger partial charge in [0.25, 0.3) is 5.91 Å². The normalized spacial score (nSPS) is 12.5. The monoisotopic (exact) mass is 287 g/mol. The number of ether oxygens (including phenoxy) is 1. The minimum atomic E-state index is -0.894. The summed E-state index contributed by atoms with van der Waals surface area (Å²) in [7, 11) is 0. The quantitative estimate of drug-likeness (QED) is 0.803. The van der Waals surface area contributed by atoms with E-state index in [1.165, 1.54) is 0 Å². The van der Waals surface area contributed by atoms with Crippen molar-refractivity contribution in [3.05, 3.63) is 35.4 Å². The van der Waals surface area contributed by atoms with Crippen molar-refractivity contribution in [3.8, 4) is 0 Å². The van der Waals surface area contributed by atoms with Crippen LogP contribution in [0.25, 0.3) is 0 Å². The Morgan fingerprint density at radius 1 is 1.35 bits per heavy atom. The Morgan fingerprint density at radius 2 is 2.05 bits per heavy atom. The van der Waals surface area contributed by atoms with E-state index >= 15 is 0 Å². The Hall–Kier alpha value is -1.53. The summed E-state index contributed by atoms with van der Waals surface area (Å²) in [6.45, 7) is 4.43. The molecule has 0 fully saturated rings.